The van der Waals surface area contributed by atoms with Gasteiger partial charge >= 0.3 is 0 Å². The molecule has 0 amide bonds. The number of ether oxygens (including phenoxy) is 1. The maximum atomic E-state index is 5.66. The van der Waals surface area contributed by atoms with Crippen LogP contribution in [0.1, 0.15) is 40.5 Å². The van der Waals surface area contributed by atoms with Gasteiger partial charge in [0.25, 0.3) is 0 Å². The molecule has 0 spiro atoms. The number of rotatable bonds is 8. The van der Waals surface area contributed by atoms with Crippen molar-refractivity contribution < 1.29 is 4.74 Å². The zero-order valence-corrected chi connectivity index (χ0v) is 9.60. The van der Waals surface area contributed by atoms with Crippen LogP contribution in [0.4, 0.5) is 0 Å². The summed E-state index contributed by atoms with van der Waals surface area (Å²) >= 11 is 0. The SMILES string of the molecule is CCNCCCOC(C)CC(C)C. The van der Waals surface area contributed by atoms with Crippen LogP contribution < -0.4 is 5.32 Å². The zero-order chi connectivity index (χ0) is 10.1. The van der Waals surface area contributed by atoms with Crippen molar-refractivity contribution >= 4 is 0 Å². The molecule has 0 saturated heterocycles. The fourth-order valence-electron chi connectivity index (χ4n) is 1.39. The summed E-state index contributed by atoms with van der Waals surface area (Å²) in [4.78, 5) is 0. The highest BCUT2D eigenvalue weighted by Crippen LogP contribution is 2.07. The Hall–Kier alpha value is -0.0800. The van der Waals surface area contributed by atoms with Crippen LogP contribution in [0.15, 0.2) is 0 Å². The maximum Gasteiger partial charge on any atom is 0.0549 e. The molecule has 2 nitrogen and oxygen atoms in total. The molecule has 0 aliphatic carbocycles. The van der Waals surface area contributed by atoms with E-state index >= 15 is 0 Å². The molecule has 0 aliphatic heterocycles. The van der Waals surface area contributed by atoms with E-state index < -0.39 is 0 Å². The topological polar surface area (TPSA) is 21.3 Å². The van der Waals surface area contributed by atoms with Crippen molar-refractivity contribution in [2.75, 3.05) is 19.7 Å². The van der Waals surface area contributed by atoms with Gasteiger partial charge in [0.15, 0.2) is 0 Å². The lowest BCUT2D eigenvalue weighted by Gasteiger charge is -2.14. The molecule has 0 aliphatic rings. The minimum absolute atomic E-state index is 0.418. The molecule has 80 valence electrons. The van der Waals surface area contributed by atoms with E-state index in [4.69, 9.17) is 4.74 Å². The van der Waals surface area contributed by atoms with Crippen LogP contribution in [0.2, 0.25) is 0 Å². The highest BCUT2D eigenvalue weighted by molar-refractivity contribution is 4.54. The van der Waals surface area contributed by atoms with Gasteiger partial charge in [0.1, 0.15) is 0 Å². The summed E-state index contributed by atoms with van der Waals surface area (Å²) in [5.41, 5.74) is 0. The first-order valence-corrected chi connectivity index (χ1v) is 5.49. The number of hydrogen-bond acceptors (Lipinski definition) is 2. The highest BCUT2D eigenvalue weighted by atomic mass is 16.5. The van der Waals surface area contributed by atoms with E-state index in [1.807, 2.05) is 0 Å². The maximum absolute atomic E-state index is 5.66. The summed E-state index contributed by atoms with van der Waals surface area (Å²) < 4.78 is 5.66. The average Bonchev–Trinajstić information content (AvgIpc) is 2.02. The third-order valence-corrected chi connectivity index (χ3v) is 1.95. The molecular weight excluding hydrogens is 162 g/mol. The number of nitrogens with one attached hydrogen (secondary N) is 1. The lowest BCUT2D eigenvalue weighted by molar-refractivity contribution is 0.0507. The van der Waals surface area contributed by atoms with Crippen LogP contribution in [-0.2, 0) is 4.74 Å². The van der Waals surface area contributed by atoms with Crippen molar-refractivity contribution in [2.45, 2.75) is 46.6 Å². The largest absolute Gasteiger partial charge is 0.378 e. The van der Waals surface area contributed by atoms with Gasteiger partial charge in [-0.05, 0) is 38.8 Å². The van der Waals surface area contributed by atoms with Gasteiger partial charge in [-0.2, -0.15) is 0 Å². The van der Waals surface area contributed by atoms with Crippen LogP contribution >= 0.6 is 0 Å². The third-order valence-electron chi connectivity index (χ3n) is 1.95. The number of hydrogen-bond donors (Lipinski definition) is 1. The monoisotopic (exact) mass is 187 g/mol. The molecule has 0 aromatic heterocycles. The van der Waals surface area contributed by atoms with Crippen molar-refractivity contribution in [3.05, 3.63) is 0 Å². The first-order valence-electron chi connectivity index (χ1n) is 5.49. The minimum atomic E-state index is 0.418. The van der Waals surface area contributed by atoms with Gasteiger partial charge in [0.05, 0.1) is 6.10 Å². The van der Waals surface area contributed by atoms with Crippen molar-refractivity contribution in [3.8, 4) is 0 Å². The van der Waals surface area contributed by atoms with E-state index in [0.717, 1.165) is 32.0 Å². The second-order valence-electron chi connectivity index (χ2n) is 4.02. The fraction of sp³-hybridized carbons (Fsp3) is 1.00. The highest BCUT2D eigenvalue weighted by Gasteiger charge is 2.03. The van der Waals surface area contributed by atoms with E-state index in [1.165, 1.54) is 6.42 Å². The van der Waals surface area contributed by atoms with Gasteiger partial charge < -0.3 is 10.1 Å². The lowest BCUT2D eigenvalue weighted by Crippen LogP contribution is -2.18. The molecule has 1 atom stereocenters. The molecular formula is C11H25NO. The molecule has 2 heteroatoms. The smallest absolute Gasteiger partial charge is 0.0549 e. The van der Waals surface area contributed by atoms with Crippen LogP contribution in [-0.4, -0.2) is 25.8 Å². The summed E-state index contributed by atoms with van der Waals surface area (Å²) in [7, 11) is 0. The van der Waals surface area contributed by atoms with Crippen molar-refractivity contribution in [2.24, 2.45) is 5.92 Å². The molecule has 0 aromatic carbocycles. The molecule has 1 unspecified atom stereocenters. The fourth-order valence-corrected chi connectivity index (χ4v) is 1.39. The molecule has 0 bridgehead atoms. The minimum Gasteiger partial charge on any atom is -0.378 e. The van der Waals surface area contributed by atoms with E-state index in [-0.39, 0.29) is 0 Å². The summed E-state index contributed by atoms with van der Waals surface area (Å²) in [5, 5.41) is 3.28. The van der Waals surface area contributed by atoms with E-state index in [1.54, 1.807) is 0 Å². The van der Waals surface area contributed by atoms with Crippen LogP contribution in [0, 0.1) is 5.92 Å². The van der Waals surface area contributed by atoms with Gasteiger partial charge in [-0.3, -0.25) is 0 Å². The predicted octanol–water partition coefficient (Wildman–Crippen LogP) is 2.44. The van der Waals surface area contributed by atoms with Crippen molar-refractivity contribution in [1.82, 2.24) is 5.32 Å². The second kappa shape index (κ2) is 8.52. The normalized spacial score (nSPS) is 13.6. The van der Waals surface area contributed by atoms with Gasteiger partial charge in [0.2, 0.25) is 0 Å². The van der Waals surface area contributed by atoms with Crippen molar-refractivity contribution in [3.63, 3.8) is 0 Å². The van der Waals surface area contributed by atoms with Gasteiger partial charge in [-0.15, -0.1) is 0 Å². The first kappa shape index (κ1) is 12.9. The molecule has 0 saturated carbocycles. The summed E-state index contributed by atoms with van der Waals surface area (Å²) in [5.74, 6) is 0.740. The van der Waals surface area contributed by atoms with Gasteiger partial charge in [0, 0.05) is 6.61 Å². The summed E-state index contributed by atoms with van der Waals surface area (Å²) in [6.45, 7) is 11.8. The molecule has 1 N–H and O–H groups in total. The Labute approximate surface area is 83.1 Å². The summed E-state index contributed by atoms with van der Waals surface area (Å²) in [6.07, 6.45) is 2.71. The third kappa shape index (κ3) is 9.84. The Morgan fingerprint density at radius 2 is 1.92 bits per heavy atom. The van der Waals surface area contributed by atoms with Crippen LogP contribution in [0.5, 0.6) is 0 Å². The van der Waals surface area contributed by atoms with Crippen LogP contribution in [0.3, 0.4) is 0 Å². The van der Waals surface area contributed by atoms with Crippen molar-refractivity contribution in [1.29, 1.82) is 0 Å². The Balaban J connectivity index is 3.12. The molecule has 0 rings (SSSR count). The Morgan fingerprint density at radius 3 is 2.46 bits per heavy atom. The molecule has 0 radical (unpaired) electrons. The van der Waals surface area contributed by atoms with E-state index in [0.29, 0.717) is 6.10 Å². The standard InChI is InChI=1S/C11H25NO/c1-5-12-7-6-8-13-11(4)9-10(2)3/h10-12H,5-9H2,1-4H3. The lowest BCUT2D eigenvalue weighted by atomic mass is 10.1. The molecule has 0 aromatic rings. The summed E-state index contributed by atoms with van der Waals surface area (Å²) in [6, 6.07) is 0. The Kier molecular flexibility index (Phi) is 8.46. The van der Waals surface area contributed by atoms with Crippen LogP contribution in [0.25, 0.3) is 0 Å². The average molecular weight is 187 g/mol. The Bertz CT molecular complexity index is 104. The molecule has 13 heavy (non-hydrogen) atoms. The quantitative estimate of drug-likeness (QED) is 0.589. The molecule has 0 heterocycles. The molecule has 0 fully saturated rings. The zero-order valence-electron chi connectivity index (χ0n) is 9.60. The second-order valence-corrected chi connectivity index (χ2v) is 4.02. The van der Waals surface area contributed by atoms with Gasteiger partial charge in [-0.25, -0.2) is 0 Å². The first-order chi connectivity index (χ1) is 6.16. The van der Waals surface area contributed by atoms with Gasteiger partial charge in [-0.1, -0.05) is 20.8 Å². The predicted molar refractivity (Wildman–Crippen MR) is 58.0 cm³/mol. The van der Waals surface area contributed by atoms with E-state index in [9.17, 15) is 0 Å². The van der Waals surface area contributed by atoms with E-state index in [2.05, 4.69) is 33.0 Å². The Morgan fingerprint density at radius 1 is 1.23 bits per heavy atom.